The molecule has 1 fully saturated rings. The molecule has 0 amide bonds. The van der Waals surface area contributed by atoms with Crippen molar-refractivity contribution in [2.45, 2.75) is 32.2 Å². The second-order valence-electron chi connectivity index (χ2n) is 4.87. The number of hydrogen-bond acceptors (Lipinski definition) is 2. The number of benzene rings is 1. The van der Waals surface area contributed by atoms with Crippen LogP contribution in [0.15, 0.2) is 30.3 Å². The molecule has 1 aliphatic heterocycles. The van der Waals surface area contributed by atoms with Gasteiger partial charge in [0.25, 0.3) is 0 Å². The average Bonchev–Trinajstić information content (AvgIpc) is 2.62. The third-order valence-corrected chi connectivity index (χ3v) is 3.56. The molecule has 1 aromatic carbocycles. The normalized spacial score (nSPS) is 22.3. The first-order valence-electron chi connectivity index (χ1n) is 6.91. The predicted octanol–water partition coefficient (Wildman–Crippen LogP) is 2.82. The van der Waals surface area contributed by atoms with E-state index >= 15 is 0 Å². The van der Waals surface area contributed by atoms with Gasteiger partial charge in [-0.25, -0.2) is 0 Å². The lowest BCUT2D eigenvalue weighted by Gasteiger charge is -2.30. The van der Waals surface area contributed by atoms with Crippen molar-refractivity contribution in [2.24, 2.45) is 0 Å². The van der Waals surface area contributed by atoms with Crippen LogP contribution in [0.4, 0.5) is 0 Å². The van der Waals surface area contributed by atoms with Crippen molar-refractivity contribution in [1.82, 2.24) is 10.2 Å². The quantitative estimate of drug-likeness (QED) is 0.858. The van der Waals surface area contributed by atoms with E-state index in [0.717, 1.165) is 13.1 Å². The molecule has 2 nitrogen and oxygen atoms in total. The first-order valence-corrected chi connectivity index (χ1v) is 6.91. The van der Waals surface area contributed by atoms with Gasteiger partial charge < -0.3 is 5.32 Å². The third-order valence-electron chi connectivity index (χ3n) is 3.56. The van der Waals surface area contributed by atoms with Gasteiger partial charge in [-0.1, -0.05) is 43.7 Å². The summed E-state index contributed by atoms with van der Waals surface area (Å²) in [5, 5.41) is 3.56. The van der Waals surface area contributed by atoms with E-state index in [-0.39, 0.29) is 0 Å². The Balaban J connectivity index is 2.08. The second-order valence-corrected chi connectivity index (χ2v) is 4.87. The van der Waals surface area contributed by atoms with Gasteiger partial charge in [0.2, 0.25) is 0 Å². The summed E-state index contributed by atoms with van der Waals surface area (Å²) >= 11 is 0. The Hall–Kier alpha value is -0.860. The predicted molar refractivity (Wildman–Crippen MR) is 73.2 cm³/mol. The van der Waals surface area contributed by atoms with Gasteiger partial charge in [-0.15, -0.1) is 0 Å². The standard InChI is InChI=1S/C15H24N2/c1-2-3-11-17-12-7-10-16-13-15(17)14-8-5-4-6-9-14/h4-6,8-9,15-16H,2-3,7,10-13H2,1H3. The summed E-state index contributed by atoms with van der Waals surface area (Å²) in [5.41, 5.74) is 1.46. The van der Waals surface area contributed by atoms with Gasteiger partial charge in [-0.3, -0.25) is 4.90 Å². The molecule has 0 saturated carbocycles. The van der Waals surface area contributed by atoms with Gasteiger partial charge in [0.15, 0.2) is 0 Å². The summed E-state index contributed by atoms with van der Waals surface area (Å²) in [6, 6.07) is 11.5. The van der Waals surface area contributed by atoms with Crippen molar-refractivity contribution >= 4 is 0 Å². The Labute approximate surface area is 105 Å². The monoisotopic (exact) mass is 232 g/mol. The highest BCUT2D eigenvalue weighted by atomic mass is 15.2. The van der Waals surface area contributed by atoms with Crippen LogP contribution in [0.1, 0.15) is 37.8 Å². The zero-order valence-corrected chi connectivity index (χ0v) is 10.9. The molecule has 1 atom stereocenters. The first-order chi connectivity index (χ1) is 8.42. The molecule has 94 valence electrons. The summed E-state index contributed by atoms with van der Waals surface area (Å²) < 4.78 is 0. The minimum atomic E-state index is 0.560. The van der Waals surface area contributed by atoms with E-state index in [2.05, 4.69) is 47.5 Å². The Morgan fingerprint density at radius 1 is 1.29 bits per heavy atom. The Morgan fingerprint density at radius 3 is 2.88 bits per heavy atom. The lowest BCUT2D eigenvalue weighted by Crippen LogP contribution is -2.33. The van der Waals surface area contributed by atoms with Crippen molar-refractivity contribution in [3.63, 3.8) is 0 Å². The topological polar surface area (TPSA) is 15.3 Å². The fourth-order valence-corrected chi connectivity index (χ4v) is 2.56. The highest BCUT2D eigenvalue weighted by Gasteiger charge is 2.21. The second kappa shape index (κ2) is 6.77. The molecular formula is C15H24N2. The van der Waals surface area contributed by atoms with Gasteiger partial charge in [0.1, 0.15) is 0 Å². The van der Waals surface area contributed by atoms with E-state index in [9.17, 15) is 0 Å². The van der Waals surface area contributed by atoms with Crippen LogP contribution >= 0.6 is 0 Å². The minimum Gasteiger partial charge on any atom is -0.315 e. The SMILES string of the molecule is CCCCN1CCCNCC1c1ccccc1. The first kappa shape index (κ1) is 12.6. The van der Waals surface area contributed by atoms with Gasteiger partial charge in [-0.2, -0.15) is 0 Å². The fraction of sp³-hybridized carbons (Fsp3) is 0.600. The number of hydrogen-bond donors (Lipinski definition) is 1. The Morgan fingerprint density at radius 2 is 2.12 bits per heavy atom. The van der Waals surface area contributed by atoms with E-state index < -0.39 is 0 Å². The van der Waals surface area contributed by atoms with E-state index in [4.69, 9.17) is 0 Å². The molecule has 17 heavy (non-hydrogen) atoms. The molecule has 1 aliphatic rings. The highest BCUT2D eigenvalue weighted by molar-refractivity contribution is 5.19. The highest BCUT2D eigenvalue weighted by Crippen LogP contribution is 2.22. The van der Waals surface area contributed by atoms with Crippen LogP contribution in [-0.2, 0) is 0 Å². The van der Waals surface area contributed by atoms with Crippen LogP contribution in [0, 0.1) is 0 Å². The van der Waals surface area contributed by atoms with E-state index in [1.54, 1.807) is 0 Å². The van der Waals surface area contributed by atoms with Gasteiger partial charge in [0.05, 0.1) is 0 Å². The maximum atomic E-state index is 3.56. The molecule has 2 rings (SSSR count). The Bertz CT molecular complexity index is 310. The zero-order valence-electron chi connectivity index (χ0n) is 10.9. The molecule has 0 spiro atoms. The molecule has 0 radical (unpaired) electrons. The summed E-state index contributed by atoms with van der Waals surface area (Å²) in [5.74, 6) is 0. The van der Waals surface area contributed by atoms with E-state index in [1.165, 1.54) is 37.9 Å². The molecular weight excluding hydrogens is 208 g/mol. The molecule has 0 bridgehead atoms. The summed E-state index contributed by atoms with van der Waals surface area (Å²) in [4.78, 5) is 2.65. The molecule has 0 aromatic heterocycles. The van der Waals surface area contributed by atoms with Crippen molar-refractivity contribution in [3.8, 4) is 0 Å². The van der Waals surface area contributed by atoms with Crippen LogP contribution in [0.25, 0.3) is 0 Å². The van der Waals surface area contributed by atoms with Gasteiger partial charge in [-0.05, 0) is 31.5 Å². The van der Waals surface area contributed by atoms with Crippen molar-refractivity contribution in [1.29, 1.82) is 0 Å². The van der Waals surface area contributed by atoms with E-state index in [1.807, 2.05) is 0 Å². The fourth-order valence-electron chi connectivity index (χ4n) is 2.56. The van der Waals surface area contributed by atoms with Crippen LogP contribution in [-0.4, -0.2) is 31.1 Å². The lowest BCUT2D eigenvalue weighted by atomic mass is 10.1. The number of nitrogens with one attached hydrogen (secondary N) is 1. The Kier molecular flexibility index (Phi) is 5.02. The minimum absolute atomic E-state index is 0.560. The maximum Gasteiger partial charge on any atom is 0.0472 e. The van der Waals surface area contributed by atoms with Crippen LogP contribution in [0.2, 0.25) is 0 Å². The van der Waals surface area contributed by atoms with Gasteiger partial charge in [0, 0.05) is 19.1 Å². The van der Waals surface area contributed by atoms with Crippen molar-refractivity contribution in [2.75, 3.05) is 26.2 Å². The van der Waals surface area contributed by atoms with Crippen LogP contribution in [0.3, 0.4) is 0 Å². The largest absolute Gasteiger partial charge is 0.315 e. The number of nitrogens with zero attached hydrogens (tertiary/aromatic N) is 1. The third kappa shape index (κ3) is 3.55. The molecule has 1 N–H and O–H groups in total. The van der Waals surface area contributed by atoms with Crippen molar-refractivity contribution < 1.29 is 0 Å². The molecule has 1 heterocycles. The average molecular weight is 232 g/mol. The summed E-state index contributed by atoms with van der Waals surface area (Å²) in [6.07, 6.45) is 3.86. The van der Waals surface area contributed by atoms with Crippen molar-refractivity contribution in [3.05, 3.63) is 35.9 Å². The zero-order chi connectivity index (χ0) is 11.9. The molecule has 2 heteroatoms. The lowest BCUT2D eigenvalue weighted by molar-refractivity contribution is 0.207. The van der Waals surface area contributed by atoms with Gasteiger partial charge >= 0.3 is 0 Å². The summed E-state index contributed by atoms with van der Waals surface area (Å²) in [6.45, 7) is 6.98. The molecule has 0 aliphatic carbocycles. The smallest absolute Gasteiger partial charge is 0.0472 e. The molecule has 1 aromatic rings. The number of rotatable bonds is 4. The molecule has 1 saturated heterocycles. The van der Waals surface area contributed by atoms with Crippen LogP contribution < -0.4 is 5.32 Å². The molecule has 1 unspecified atom stereocenters. The number of unbranched alkanes of at least 4 members (excludes halogenated alkanes) is 1. The maximum absolute atomic E-state index is 3.56. The van der Waals surface area contributed by atoms with E-state index in [0.29, 0.717) is 6.04 Å². The summed E-state index contributed by atoms with van der Waals surface area (Å²) in [7, 11) is 0. The van der Waals surface area contributed by atoms with Crippen LogP contribution in [0.5, 0.6) is 0 Å².